The fraction of sp³-hybridized carbons (Fsp3) is 0.500. The summed E-state index contributed by atoms with van der Waals surface area (Å²) in [6, 6.07) is 2.27. The van der Waals surface area contributed by atoms with E-state index in [-0.39, 0.29) is 12.1 Å². The average molecular weight is 325 g/mol. The second-order valence-electron chi connectivity index (χ2n) is 5.66. The van der Waals surface area contributed by atoms with Gasteiger partial charge in [-0.25, -0.2) is 8.42 Å². The Hall–Kier alpha value is -1.18. The minimum absolute atomic E-state index is 0.136. The summed E-state index contributed by atoms with van der Waals surface area (Å²) >= 11 is 1.59. The zero-order chi connectivity index (χ0) is 15.0. The van der Waals surface area contributed by atoms with E-state index in [9.17, 15) is 8.42 Å². The molecular weight excluding hydrogens is 306 g/mol. The maximum atomic E-state index is 12.9. The quantitative estimate of drug-likeness (QED) is 0.820. The number of rotatable bonds is 6. The summed E-state index contributed by atoms with van der Waals surface area (Å²) in [7, 11) is -3.47. The van der Waals surface area contributed by atoms with Crippen LogP contribution in [0.4, 0.5) is 0 Å². The molecule has 7 heteroatoms. The standard InChI is InChI=1S/C14H19N3O2S2/c1-11(2)16-9-14(7-15-16)21(18,19)17(13-3-4-13)8-12-5-6-20-10-12/h5-7,9-11,13H,3-4,8H2,1-2H3. The van der Waals surface area contributed by atoms with Crippen LogP contribution in [0.3, 0.4) is 0 Å². The van der Waals surface area contributed by atoms with Gasteiger partial charge in [-0.2, -0.15) is 20.7 Å². The fourth-order valence-corrected chi connectivity index (χ4v) is 4.48. The van der Waals surface area contributed by atoms with Crippen LogP contribution in [0.15, 0.2) is 34.1 Å². The fourth-order valence-electron chi connectivity index (χ4n) is 2.21. The van der Waals surface area contributed by atoms with E-state index in [1.165, 1.54) is 6.20 Å². The van der Waals surface area contributed by atoms with E-state index < -0.39 is 10.0 Å². The van der Waals surface area contributed by atoms with Crippen LogP contribution in [0.2, 0.25) is 0 Å². The molecule has 0 bridgehead atoms. The number of aromatic nitrogens is 2. The summed E-state index contributed by atoms with van der Waals surface area (Å²) in [5.74, 6) is 0. The van der Waals surface area contributed by atoms with Crippen LogP contribution in [0, 0.1) is 0 Å². The van der Waals surface area contributed by atoms with Crippen LogP contribution in [-0.4, -0.2) is 28.5 Å². The molecule has 1 aliphatic carbocycles. The molecule has 0 atom stereocenters. The summed E-state index contributed by atoms with van der Waals surface area (Å²) in [6.45, 7) is 4.41. The third kappa shape index (κ3) is 3.04. The highest BCUT2D eigenvalue weighted by molar-refractivity contribution is 7.89. The Bertz CT molecular complexity index is 700. The predicted octanol–water partition coefficient (Wildman–Crippen LogP) is 2.88. The number of hydrogen-bond donors (Lipinski definition) is 0. The molecule has 2 heterocycles. The number of hydrogen-bond acceptors (Lipinski definition) is 4. The molecule has 1 fully saturated rings. The Kier molecular flexibility index (Phi) is 3.90. The largest absolute Gasteiger partial charge is 0.269 e. The highest BCUT2D eigenvalue weighted by atomic mass is 32.2. The highest BCUT2D eigenvalue weighted by Crippen LogP contribution is 2.33. The number of thiophene rings is 1. The molecule has 1 aliphatic rings. The lowest BCUT2D eigenvalue weighted by atomic mass is 10.3. The number of nitrogens with zero attached hydrogens (tertiary/aromatic N) is 3. The summed E-state index contributed by atoms with van der Waals surface area (Å²) in [5, 5.41) is 8.13. The van der Waals surface area contributed by atoms with E-state index in [4.69, 9.17) is 0 Å². The zero-order valence-electron chi connectivity index (χ0n) is 12.1. The monoisotopic (exact) mass is 325 g/mol. The molecular formula is C14H19N3O2S2. The van der Waals surface area contributed by atoms with Gasteiger partial charge < -0.3 is 0 Å². The third-order valence-electron chi connectivity index (χ3n) is 3.59. The molecule has 2 aromatic heterocycles. The van der Waals surface area contributed by atoms with Crippen molar-refractivity contribution in [2.75, 3.05) is 0 Å². The van der Waals surface area contributed by atoms with Crippen LogP contribution in [0.25, 0.3) is 0 Å². The maximum absolute atomic E-state index is 12.9. The van der Waals surface area contributed by atoms with E-state index in [1.54, 1.807) is 26.5 Å². The van der Waals surface area contributed by atoms with Crippen LogP contribution in [0.5, 0.6) is 0 Å². The van der Waals surface area contributed by atoms with Gasteiger partial charge in [-0.05, 0) is 49.1 Å². The minimum atomic E-state index is -3.47. The molecule has 0 spiro atoms. The molecule has 3 rings (SSSR count). The summed E-state index contributed by atoms with van der Waals surface area (Å²) in [5.41, 5.74) is 1.05. The van der Waals surface area contributed by atoms with Crippen LogP contribution >= 0.6 is 11.3 Å². The van der Waals surface area contributed by atoms with E-state index in [0.717, 1.165) is 18.4 Å². The molecule has 2 aromatic rings. The van der Waals surface area contributed by atoms with Crippen molar-refractivity contribution in [3.05, 3.63) is 34.8 Å². The molecule has 0 radical (unpaired) electrons. The lowest BCUT2D eigenvalue weighted by Gasteiger charge is -2.20. The van der Waals surface area contributed by atoms with Crippen LogP contribution in [0.1, 0.15) is 38.3 Å². The Morgan fingerprint density at radius 3 is 2.76 bits per heavy atom. The van der Waals surface area contributed by atoms with Crippen LogP contribution < -0.4 is 0 Å². The first-order valence-electron chi connectivity index (χ1n) is 7.05. The highest BCUT2D eigenvalue weighted by Gasteiger charge is 2.38. The summed E-state index contributed by atoms with van der Waals surface area (Å²) < 4.78 is 29.0. The smallest absolute Gasteiger partial charge is 0.246 e. The van der Waals surface area contributed by atoms with Gasteiger partial charge >= 0.3 is 0 Å². The maximum Gasteiger partial charge on any atom is 0.246 e. The first-order valence-corrected chi connectivity index (χ1v) is 9.44. The predicted molar refractivity (Wildman–Crippen MR) is 82.7 cm³/mol. The van der Waals surface area contributed by atoms with E-state index in [0.29, 0.717) is 11.4 Å². The van der Waals surface area contributed by atoms with Gasteiger partial charge in [0.05, 0.1) is 6.20 Å². The van der Waals surface area contributed by atoms with Crippen molar-refractivity contribution in [3.63, 3.8) is 0 Å². The van der Waals surface area contributed by atoms with Crippen molar-refractivity contribution >= 4 is 21.4 Å². The SMILES string of the molecule is CC(C)n1cc(S(=O)(=O)N(Cc2ccsc2)C2CC2)cn1. The molecule has 21 heavy (non-hydrogen) atoms. The Morgan fingerprint density at radius 1 is 1.48 bits per heavy atom. The Balaban J connectivity index is 1.89. The van der Waals surface area contributed by atoms with Crippen LogP contribution in [-0.2, 0) is 16.6 Å². The van der Waals surface area contributed by atoms with Crippen molar-refractivity contribution in [3.8, 4) is 0 Å². The van der Waals surface area contributed by atoms with E-state index in [1.807, 2.05) is 30.7 Å². The number of sulfonamides is 1. The Labute approximate surface area is 129 Å². The van der Waals surface area contributed by atoms with E-state index in [2.05, 4.69) is 5.10 Å². The van der Waals surface area contributed by atoms with Gasteiger partial charge in [0.1, 0.15) is 4.90 Å². The molecule has 114 valence electrons. The van der Waals surface area contributed by atoms with Gasteiger partial charge in [0.25, 0.3) is 0 Å². The first-order chi connectivity index (χ1) is 9.98. The van der Waals surface area contributed by atoms with Gasteiger partial charge in [0.15, 0.2) is 0 Å². The average Bonchev–Trinajstić information content (AvgIpc) is 2.95. The molecule has 5 nitrogen and oxygen atoms in total. The molecule has 0 amide bonds. The first kappa shape index (κ1) is 14.7. The molecule has 0 unspecified atom stereocenters. The van der Waals surface area contributed by atoms with Gasteiger partial charge in [-0.3, -0.25) is 4.68 Å². The second kappa shape index (κ2) is 5.55. The topological polar surface area (TPSA) is 55.2 Å². The van der Waals surface area contributed by atoms with Gasteiger partial charge in [0, 0.05) is 24.8 Å². The summed E-state index contributed by atoms with van der Waals surface area (Å²) in [4.78, 5) is 0.290. The lowest BCUT2D eigenvalue weighted by molar-refractivity contribution is 0.399. The molecule has 0 saturated heterocycles. The Morgan fingerprint density at radius 2 is 2.24 bits per heavy atom. The van der Waals surface area contributed by atoms with Crippen molar-refractivity contribution in [1.82, 2.24) is 14.1 Å². The van der Waals surface area contributed by atoms with E-state index >= 15 is 0 Å². The minimum Gasteiger partial charge on any atom is -0.269 e. The van der Waals surface area contributed by atoms with Gasteiger partial charge in [0.2, 0.25) is 10.0 Å². The van der Waals surface area contributed by atoms with Gasteiger partial charge in [-0.15, -0.1) is 0 Å². The van der Waals surface area contributed by atoms with Crippen molar-refractivity contribution in [1.29, 1.82) is 0 Å². The zero-order valence-corrected chi connectivity index (χ0v) is 13.8. The molecule has 1 saturated carbocycles. The molecule has 0 N–H and O–H groups in total. The molecule has 0 aromatic carbocycles. The summed E-state index contributed by atoms with van der Waals surface area (Å²) in [6.07, 6.45) is 4.98. The molecule has 0 aliphatic heterocycles. The van der Waals surface area contributed by atoms with Crippen molar-refractivity contribution in [2.24, 2.45) is 0 Å². The van der Waals surface area contributed by atoms with Crippen molar-refractivity contribution < 1.29 is 8.42 Å². The van der Waals surface area contributed by atoms with Crippen molar-refractivity contribution in [2.45, 2.75) is 50.2 Å². The normalized spacial score (nSPS) is 16.0. The lowest BCUT2D eigenvalue weighted by Crippen LogP contribution is -2.32. The third-order valence-corrected chi connectivity index (χ3v) is 6.17. The second-order valence-corrected chi connectivity index (χ2v) is 8.33. The van der Waals surface area contributed by atoms with Gasteiger partial charge in [-0.1, -0.05) is 0 Å².